The molecule has 1 atom stereocenters. The second-order valence-corrected chi connectivity index (χ2v) is 5.73. The zero-order chi connectivity index (χ0) is 14.4. The van der Waals surface area contributed by atoms with Crippen molar-refractivity contribution in [1.29, 1.82) is 0 Å². The van der Waals surface area contributed by atoms with Gasteiger partial charge in [0.1, 0.15) is 5.75 Å². The summed E-state index contributed by atoms with van der Waals surface area (Å²) in [5, 5.41) is 0. The Bertz CT molecular complexity index is 419. The summed E-state index contributed by atoms with van der Waals surface area (Å²) in [5.74, 6) is 1.73. The van der Waals surface area contributed by atoms with Gasteiger partial charge in [0.15, 0.2) is 0 Å². The van der Waals surface area contributed by atoms with E-state index in [4.69, 9.17) is 10.5 Å². The molecule has 1 aliphatic rings. The van der Waals surface area contributed by atoms with Crippen LogP contribution in [0.2, 0.25) is 0 Å². The topological polar surface area (TPSA) is 38.5 Å². The number of nitrogens with two attached hydrogens (primary N) is 1. The van der Waals surface area contributed by atoms with Crippen molar-refractivity contribution in [3.8, 4) is 5.75 Å². The number of ether oxygens (including phenoxy) is 1. The lowest BCUT2D eigenvalue weighted by Crippen LogP contribution is -2.24. The molecule has 112 valence electrons. The molecule has 2 N–H and O–H groups in total. The Kier molecular flexibility index (Phi) is 5.57. The molecule has 1 saturated heterocycles. The van der Waals surface area contributed by atoms with Crippen molar-refractivity contribution in [2.45, 2.75) is 46.0 Å². The molecule has 0 aromatic heterocycles. The third-order valence-electron chi connectivity index (χ3n) is 4.21. The Hall–Kier alpha value is -1.38. The first-order chi connectivity index (χ1) is 9.74. The average molecular weight is 276 g/mol. The van der Waals surface area contributed by atoms with Gasteiger partial charge < -0.3 is 15.4 Å². The van der Waals surface area contributed by atoms with E-state index < -0.39 is 0 Å². The maximum absolute atomic E-state index is 5.95. The first-order valence-corrected chi connectivity index (χ1v) is 8.01. The van der Waals surface area contributed by atoms with Crippen LogP contribution in [0.25, 0.3) is 0 Å². The summed E-state index contributed by atoms with van der Waals surface area (Å²) in [5.41, 5.74) is 7.93. The fourth-order valence-corrected chi connectivity index (χ4v) is 3.12. The third-order valence-corrected chi connectivity index (χ3v) is 4.21. The monoisotopic (exact) mass is 276 g/mol. The van der Waals surface area contributed by atoms with E-state index in [2.05, 4.69) is 24.0 Å². The van der Waals surface area contributed by atoms with Crippen molar-refractivity contribution in [2.75, 3.05) is 30.3 Å². The summed E-state index contributed by atoms with van der Waals surface area (Å²) in [6, 6.07) is 6.19. The highest BCUT2D eigenvalue weighted by Gasteiger charge is 2.17. The summed E-state index contributed by atoms with van der Waals surface area (Å²) in [4.78, 5) is 2.48. The van der Waals surface area contributed by atoms with Crippen LogP contribution in [0.3, 0.4) is 0 Å². The minimum Gasteiger partial charge on any atom is -0.492 e. The number of hydrogen-bond acceptors (Lipinski definition) is 3. The quantitative estimate of drug-likeness (QED) is 0.824. The maximum Gasteiger partial charge on any atom is 0.144 e. The SMILES string of the molecule is CCCC1CCCN(c2ccc(N)c(OCC)c2)CC1. The molecule has 0 aliphatic carbocycles. The minimum atomic E-state index is 0.659. The van der Waals surface area contributed by atoms with Gasteiger partial charge in [0.05, 0.1) is 12.3 Å². The molecule has 0 saturated carbocycles. The molecule has 3 heteroatoms. The lowest BCUT2D eigenvalue weighted by molar-refractivity contribution is 0.342. The summed E-state index contributed by atoms with van der Waals surface area (Å²) >= 11 is 0. The molecule has 0 spiro atoms. The van der Waals surface area contributed by atoms with E-state index in [0.717, 1.165) is 30.4 Å². The molecular weight excluding hydrogens is 248 g/mol. The molecule has 0 bridgehead atoms. The molecule has 0 amide bonds. The highest BCUT2D eigenvalue weighted by Crippen LogP contribution is 2.30. The predicted octanol–water partition coefficient (Wildman–Crippen LogP) is 4.07. The van der Waals surface area contributed by atoms with Crippen molar-refractivity contribution in [2.24, 2.45) is 5.92 Å². The van der Waals surface area contributed by atoms with Gasteiger partial charge in [-0.1, -0.05) is 19.8 Å². The van der Waals surface area contributed by atoms with Crippen LogP contribution in [0, 0.1) is 5.92 Å². The Morgan fingerprint density at radius 1 is 1.25 bits per heavy atom. The van der Waals surface area contributed by atoms with Crippen LogP contribution in [-0.2, 0) is 0 Å². The van der Waals surface area contributed by atoms with E-state index in [1.54, 1.807) is 0 Å². The Morgan fingerprint density at radius 2 is 2.10 bits per heavy atom. The second-order valence-electron chi connectivity index (χ2n) is 5.73. The van der Waals surface area contributed by atoms with Crippen LogP contribution < -0.4 is 15.4 Å². The summed E-state index contributed by atoms with van der Waals surface area (Å²) in [6.45, 7) is 7.24. The van der Waals surface area contributed by atoms with Crippen LogP contribution in [0.1, 0.15) is 46.0 Å². The van der Waals surface area contributed by atoms with Gasteiger partial charge in [0, 0.05) is 24.8 Å². The first kappa shape index (κ1) is 15.0. The fraction of sp³-hybridized carbons (Fsp3) is 0.647. The van der Waals surface area contributed by atoms with Crippen LogP contribution >= 0.6 is 0 Å². The summed E-state index contributed by atoms with van der Waals surface area (Å²) in [6.07, 6.45) is 6.65. The van der Waals surface area contributed by atoms with Crippen LogP contribution in [0.4, 0.5) is 11.4 Å². The van der Waals surface area contributed by atoms with E-state index in [0.29, 0.717) is 6.61 Å². The second kappa shape index (κ2) is 7.41. The molecule has 20 heavy (non-hydrogen) atoms. The molecule has 1 aromatic carbocycles. The number of nitrogen functional groups attached to an aromatic ring is 1. The van der Waals surface area contributed by atoms with E-state index >= 15 is 0 Å². The zero-order valence-corrected chi connectivity index (χ0v) is 12.9. The van der Waals surface area contributed by atoms with Gasteiger partial charge in [-0.25, -0.2) is 0 Å². The van der Waals surface area contributed by atoms with E-state index in [1.165, 1.54) is 37.8 Å². The molecule has 1 fully saturated rings. The average Bonchev–Trinajstić information content (AvgIpc) is 2.68. The van der Waals surface area contributed by atoms with E-state index in [-0.39, 0.29) is 0 Å². The molecule has 1 unspecified atom stereocenters. The molecule has 1 aliphatic heterocycles. The van der Waals surface area contributed by atoms with Crippen LogP contribution in [0.5, 0.6) is 5.75 Å². The van der Waals surface area contributed by atoms with Gasteiger partial charge in [0.25, 0.3) is 0 Å². The lowest BCUT2D eigenvalue weighted by Gasteiger charge is -2.24. The third kappa shape index (κ3) is 3.81. The molecular formula is C17H28N2O. The van der Waals surface area contributed by atoms with Gasteiger partial charge in [-0.2, -0.15) is 0 Å². The Morgan fingerprint density at radius 3 is 2.85 bits per heavy atom. The summed E-state index contributed by atoms with van der Waals surface area (Å²) in [7, 11) is 0. The lowest BCUT2D eigenvalue weighted by atomic mass is 9.96. The number of nitrogens with zero attached hydrogens (tertiary/aromatic N) is 1. The minimum absolute atomic E-state index is 0.659. The summed E-state index contributed by atoms with van der Waals surface area (Å²) < 4.78 is 5.61. The van der Waals surface area contributed by atoms with Gasteiger partial charge >= 0.3 is 0 Å². The standard InChI is InChI=1S/C17H28N2O/c1-3-6-14-7-5-11-19(12-10-14)15-8-9-16(18)17(13-15)20-4-2/h8-9,13-14H,3-7,10-12,18H2,1-2H3. The van der Waals surface area contributed by atoms with Gasteiger partial charge in [0.2, 0.25) is 0 Å². The number of hydrogen-bond donors (Lipinski definition) is 1. The number of rotatable bonds is 5. The number of anilines is 2. The van der Waals surface area contributed by atoms with Crippen LogP contribution in [0.15, 0.2) is 18.2 Å². The highest BCUT2D eigenvalue weighted by atomic mass is 16.5. The molecule has 0 radical (unpaired) electrons. The van der Waals surface area contributed by atoms with Crippen molar-refractivity contribution < 1.29 is 4.74 Å². The largest absolute Gasteiger partial charge is 0.492 e. The fourth-order valence-electron chi connectivity index (χ4n) is 3.12. The van der Waals surface area contributed by atoms with E-state index in [9.17, 15) is 0 Å². The normalized spacial score (nSPS) is 19.7. The van der Waals surface area contributed by atoms with Gasteiger partial charge in [-0.05, 0) is 44.2 Å². The van der Waals surface area contributed by atoms with Crippen molar-refractivity contribution in [1.82, 2.24) is 0 Å². The predicted molar refractivity (Wildman–Crippen MR) is 86.5 cm³/mol. The Balaban J connectivity index is 2.05. The molecule has 2 rings (SSSR count). The first-order valence-electron chi connectivity index (χ1n) is 8.01. The van der Waals surface area contributed by atoms with Crippen molar-refractivity contribution in [3.63, 3.8) is 0 Å². The molecule has 3 nitrogen and oxygen atoms in total. The molecule has 1 heterocycles. The molecule has 1 aromatic rings. The van der Waals surface area contributed by atoms with Crippen molar-refractivity contribution in [3.05, 3.63) is 18.2 Å². The smallest absolute Gasteiger partial charge is 0.144 e. The van der Waals surface area contributed by atoms with Gasteiger partial charge in [-0.3, -0.25) is 0 Å². The Labute approximate surface area is 123 Å². The highest BCUT2D eigenvalue weighted by molar-refractivity contribution is 5.62. The maximum atomic E-state index is 5.95. The van der Waals surface area contributed by atoms with Crippen molar-refractivity contribution >= 4 is 11.4 Å². The number of benzene rings is 1. The van der Waals surface area contributed by atoms with Crippen LogP contribution in [-0.4, -0.2) is 19.7 Å². The van der Waals surface area contributed by atoms with E-state index in [1.807, 2.05) is 13.0 Å². The zero-order valence-electron chi connectivity index (χ0n) is 12.9. The van der Waals surface area contributed by atoms with Gasteiger partial charge in [-0.15, -0.1) is 0 Å².